The van der Waals surface area contributed by atoms with Crippen LogP contribution in [0.25, 0.3) is 0 Å². The van der Waals surface area contributed by atoms with Crippen LogP contribution in [0.1, 0.15) is 23.1 Å². The van der Waals surface area contributed by atoms with E-state index in [0.717, 1.165) is 32.7 Å². The molecule has 2 amide bonds. The molecule has 3 heterocycles. The van der Waals surface area contributed by atoms with Gasteiger partial charge in [0.2, 0.25) is 0 Å². The maximum Gasteiger partial charge on any atom is 0.271 e. The van der Waals surface area contributed by atoms with Gasteiger partial charge in [0.15, 0.2) is 23.3 Å². The summed E-state index contributed by atoms with van der Waals surface area (Å²) in [5.41, 5.74) is 7.33. The zero-order chi connectivity index (χ0) is 23.5. The number of halogens is 1. The molecule has 0 aliphatic carbocycles. The molecule has 2 aliphatic heterocycles. The highest BCUT2D eigenvalue weighted by Gasteiger charge is 2.27. The lowest BCUT2D eigenvalue weighted by atomic mass is 10.2. The molecule has 0 spiro atoms. The summed E-state index contributed by atoms with van der Waals surface area (Å²) in [6, 6.07) is 5.37. The fourth-order valence-electron chi connectivity index (χ4n) is 3.91. The van der Waals surface area contributed by atoms with Gasteiger partial charge in [-0.25, -0.2) is 9.97 Å². The van der Waals surface area contributed by atoms with E-state index in [2.05, 4.69) is 32.1 Å². The van der Waals surface area contributed by atoms with Gasteiger partial charge in [-0.2, -0.15) is 0 Å². The minimum atomic E-state index is -0.703. The lowest BCUT2D eigenvalue weighted by Gasteiger charge is -2.35. The van der Waals surface area contributed by atoms with Crippen LogP contribution in [0.15, 0.2) is 18.2 Å². The predicted molar refractivity (Wildman–Crippen MR) is 126 cm³/mol. The molecule has 0 atom stereocenters. The average molecular weight is 474 g/mol. The number of piperazine rings is 1. The molecule has 1 aromatic heterocycles. The number of hydrogen-bond donors (Lipinski definition) is 2. The minimum Gasteiger partial charge on any atom is -0.481 e. The van der Waals surface area contributed by atoms with Gasteiger partial charge in [-0.1, -0.05) is 18.5 Å². The Hall–Kier alpha value is -2.95. The SMILES string of the molecule is CCc1nc(C(N)=O)c(Nc2ccc3c(c2)OCC(=O)N3CCN2CCN(C)CC2)nc1Cl. The topological polar surface area (TPSA) is 117 Å². The summed E-state index contributed by atoms with van der Waals surface area (Å²) in [4.78, 5) is 39.4. The number of anilines is 3. The number of nitrogens with one attached hydrogen (secondary N) is 1. The van der Waals surface area contributed by atoms with Crippen LogP contribution in [-0.2, 0) is 11.2 Å². The molecule has 33 heavy (non-hydrogen) atoms. The molecule has 2 aromatic rings. The summed E-state index contributed by atoms with van der Waals surface area (Å²) in [7, 11) is 2.12. The summed E-state index contributed by atoms with van der Waals surface area (Å²) < 4.78 is 5.68. The van der Waals surface area contributed by atoms with Gasteiger partial charge in [0.05, 0.1) is 11.4 Å². The van der Waals surface area contributed by atoms with Crippen molar-refractivity contribution in [3.63, 3.8) is 0 Å². The molecule has 0 bridgehead atoms. The molecule has 0 radical (unpaired) electrons. The standard InChI is InChI=1S/C22H28ClN7O3/c1-3-15-20(23)27-22(19(26-15)21(24)32)25-14-4-5-16-17(12-14)33-13-18(31)30(16)11-10-29-8-6-28(2)7-9-29/h4-5,12H,3,6-11,13H2,1-2H3,(H2,24,32)(H,25,27). The second-order valence-corrected chi connectivity index (χ2v) is 8.52. The van der Waals surface area contributed by atoms with Crippen molar-refractivity contribution in [1.29, 1.82) is 0 Å². The zero-order valence-electron chi connectivity index (χ0n) is 18.8. The smallest absolute Gasteiger partial charge is 0.271 e. The van der Waals surface area contributed by atoms with Gasteiger partial charge in [0.25, 0.3) is 11.8 Å². The first-order valence-corrected chi connectivity index (χ1v) is 11.3. The van der Waals surface area contributed by atoms with Gasteiger partial charge in [-0.3, -0.25) is 14.5 Å². The average Bonchev–Trinajstić information content (AvgIpc) is 2.79. The van der Waals surface area contributed by atoms with E-state index in [9.17, 15) is 9.59 Å². The predicted octanol–water partition coefficient (Wildman–Crippen LogP) is 1.51. The van der Waals surface area contributed by atoms with Crippen LogP contribution in [0.2, 0.25) is 5.15 Å². The lowest BCUT2D eigenvalue weighted by Crippen LogP contribution is -2.49. The Balaban J connectivity index is 1.52. The number of primary amides is 1. The normalized spacial score (nSPS) is 16.9. The Kier molecular flexibility index (Phi) is 6.96. The van der Waals surface area contributed by atoms with Gasteiger partial charge in [0, 0.05) is 51.0 Å². The number of benzene rings is 1. The van der Waals surface area contributed by atoms with Gasteiger partial charge >= 0.3 is 0 Å². The van der Waals surface area contributed by atoms with Crippen molar-refractivity contribution in [3.05, 3.63) is 34.7 Å². The van der Waals surface area contributed by atoms with Crippen molar-refractivity contribution >= 4 is 40.6 Å². The van der Waals surface area contributed by atoms with Crippen molar-refractivity contribution < 1.29 is 14.3 Å². The molecule has 11 heteroatoms. The number of aromatic nitrogens is 2. The van der Waals surface area contributed by atoms with E-state index in [1.165, 1.54) is 0 Å². The molecule has 1 saturated heterocycles. The highest BCUT2D eigenvalue weighted by atomic mass is 35.5. The molecular weight excluding hydrogens is 446 g/mol. The minimum absolute atomic E-state index is 0.0128. The van der Waals surface area contributed by atoms with Crippen LogP contribution in [-0.4, -0.2) is 84.5 Å². The molecule has 10 nitrogen and oxygen atoms in total. The van der Waals surface area contributed by atoms with E-state index in [4.69, 9.17) is 22.1 Å². The number of carbonyl (C=O) groups excluding carboxylic acids is 2. The van der Waals surface area contributed by atoms with Crippen LogP contribution in [0.3, 0.4) is 0 Å². The molecule has 3 N–H and O–H groups in total. The highest BCUT2D eigenvalue weighted by Crippen LogP contribution is 2.35. The first-order chi connectivity index (χ1) is 15.9. The van der Waals surface area contributed by atoms with Gasteiger partial charge < -0.3 is 25.6 Å². The van der Waals surface area contributed by atoms with Crippen LogP contribution < -0.4 is 20.7 Å². The van der Waals surface area contributed by atoms with E-state index in [-0.39, 0.29) is 29.2 Å². The molecule has 2 aliphatic rings. The van der Waals surface area contributed by atoms with Crippen molar-refractivity contribution in [2.75, 3.05) is 63.1 Å². The summed E-state index contributed by atoms with van der Waals surface area (Å²) >= 11 is 6.19. The summed E-state index contributed by atoms with van der Waals surface area (Å²) in [5, 5.41) is 3.26. The Bertz CT molecular complexity index is 1060. The van der Waals surface area contributed by atoms with Gasteiger partial charge in [-0.15, -0.1) is 0 Å². The number of hydrogen-bond acceptors (Lipinski definition) is 8. The van der Waals surface area contributed by atoms with Crippen LogP contribution in [0, 0.1) is 0 Å². The Morgan fingerprint density at radius 2 is 1.97 bits per heavy atom. The Labute approximate surface area is 197 Å². The summed E-state index contributed by atoms with van der Waals surface area (Å²) in [6.07, 6.45) is 0.525. The molecule has 1 fully saturated rings. The number of rotatable bonds is 7. The summed E-state index contributed by atoms with van der Waals surface area (Å²) in [5.74, 6) is -0.0290. The van der Waals surface area contributed by atoms with Crippen molar-refractivity contribution in [3.8, 4) is 5.75 Å². The Morgan fingerprint density at radius 3 is 2.67 bits per heavy atom. The quantitative estimate of drug-likeness (QED) is 0.621. The fraction of sp³-hybridized carbons (Fsp3) is 0.455. The Morgan fingerprint density at radius 1 is 1.21 bits per heavy atom. The molecular formula is C22H28ClN7O3. The second kappa shape index (κ2) is 9.90. The van der Waals surface area contributed by atoms with E-state index < -0.39 is 5.91 Å². The monoisotopic (exact) mass is 473 g/mol. The third kappa shape index (κ3) is 5.18. The first kappa shape index (κ1) is 23.2. The van der Waals surface area contributed by atoms with Crippen molar-refractivity contribution in [2.45, 2.75) is 13.3 Å². The van der Waals surface area contributed by atoms with E-state index >= 15 is 0 Å². The van der Waals surface area contributed by atoms with E-state index in [1.807, 2.05) is 13.0 Å². The van der Waals surface area contributed by atoms with E-state index in [1.54, 1.807) is 17.0 Å². The number of nitrogens with two attached hydrogens (primary N) is 1. The molecule has 0 saturated carbocycles. The zero-order valence-corrected chi connectivity index (χ0v) is 19.6. The van der Waals surface area contributed by atoms with Crippen LogP contribution >= 0.6 is 11.6 Å². The number of aryl methyl sites for hydroxylation is 1. The van der Waals surface area contributed by atoms with Gasteiger partial charge in [0.1, 0.15) is 5.75 Å². The second-order valence-electron chi connectivity index (χ2n) is 8.16. The highest BCUT2D eigenvalue weighted by molar-refractivity contribution is 6.30. The molecule has 4 rings (SSSR count). The van der Waals surface area contributed by atoms with Crippen molar-refractivity contribution in [2.24, 2.45) is 5.73 Å². The van der Waals surface area contributed by atoms with Crippen LogP contribution in [0.4, 0.5) is 17.2 Å². The van der Waals surface area contributed by atoms with E-state index in [0.29, 0.717) is 35.8 Å². The molecule has 0 unspecified atom stereocenters. The number of amides is 2. The van der Waals surface area contributed by atoms with Crippen LogP contribution in [0.5, 0.6) is 5.75 Å². The largest absolute Gasteiger partial charge is 0.481 e. The number of carbonyl (C=O) groups is 2. The third-order valence-electron chi connectivity index (χ3n) is 5.89. The van der Waals surface area contributed by atoms with Gasteiger partial charge in [-0.05, 0) is 25.6 Å². The van der Waals surface area contributed by atoms with Crippen molar-refractivity contribution in [1.82, 2.24) is 19.8 Å². The molecule has 1 aromatic carbocycles. The molecule has 176 valence electrons. The maximum atomic E-state index is 12.5. The first-order valence-electron chi connectivity index (χ1n) is 11.0. The number of fused-ring (bicyclic) bond motifs is 1. The number of likely N-dealkylation sites (N-methyl/N-ethyl adjacent to an activating group) is 1. The number of ether oxygens (including phenoxy) is 1. The third-order valence-corrected chi connectivity index (χ3v) is 6.19. The summed E-state index contributed by atoms with van der Waals surface area (Å²) in [6.45, 7) is 7.29. The lowest BCUT2D eigenvalue weighted by molar-refractivity contribution is -0.121. The fourth-order valence-corrected chi connectivity index (χ4v) is 4.17. The number of nitrogens with zero attached hydrogens (tertiary/aromatic N) is 5. The maximum absolute atomic E-state index is 12.5.